The van der Waals surface area contributed by atoms with Crippen molar-refractivity contribution in [2.45, 2.75) is 31.2 Å². The Labute approximate surface area is 117 Å². The molecule has 104 valence electrons. The summed E-state index contributed by atoms with van der Waals surface area (Å²) in [6, 6.07) is 10.4. The first-order valence-electron chi connectivity index (χ1n) is 6.85. The first kappa shape index (κ1) is 12.8. The molecular formula is C15H17N3O2. The molecule has 1 aliphatic heterocycles. The van der Waals surface area contributed by atoms with Crippen LogP contribution in [0.4, 0.5) is 0 Å². The summed E-state index contributed by atoms with van der Waals surface area (Å²) >= 11 is 0. The molecule has 0 aromatic heterocycles. The first-order chi connectivity index (χ1) is 9.65. The quantitative estimate of drug-likeness (QED) is 0.899. The summed E-state index contributed by atoms with van der Waals surface area (Å²) in [5.74, 6) is 0.214. The van der Waals surface area contributed by atoms with Crippen LogP contribution < -0.4 is 5.32 Å². The van der Waals surface area contributed by atoms with Crippen molar-refractivity contribution in [3.63, 3.8) is 0 Å². The first-order valence-corrected chi connectivity index (χ1v) is 6.85. The lowest BCUT2D eigenvalue weighted by molar-refractivity contribution is -0.130. The lowest BCUT2D eigenvalue weighted by Crippen LogP contribution is -2.38. The molecule has 1 N–H and O–H groups in total. The second kappa shape index (κ2) is 5.07. The van der Waals surface area contributed by atoms with Crippen molar-refractivity contribution in [3.05, 3.63) is 35.9 Å². The Morgan fingerprint density at radius 1 is 1.30 bits per heavy atom. The largest absolute Gasteiger partial charge is 0.348 e. The number of benzene rings is 1. The predicted octanol–water partition coefficient (Wildman–Crippen LogP) is 1.27. The highest BCUT2D eigenvalue weighted by Gasteiger charge is 2.40. The van der Waals surface area contributed by atoms with E-state index in [-0.39, 0.29) is 17.9 Å². The highest BCUT2D eigenvalue weighted by atomic mass is 16.2. The Kier molecular flexibility index (Phi) is 3.26. The molecule has 1 aromatic carbocycles. The Bertz CT molecular complexity index is 568. The zero-order valence-corrected chi connectivity index (χ0v) is 11.4. The fraction of sp³-hybridized carbons (Fsp3) is 0.400. The van der Waals surface area contributed by atoms with Gasteiger partial charge in [0.1, 0.15) is 5.71 Å². The van der Waals surface area contributed by atoms with Crippen molar-refractivity contribution >= 4 is 17.5 Å². The van der Waals surface area contributed by atoms with Crippen LogP contribution in [0.1, 0.15) is 30.7 Å². The number of hydrogen-bond acceptors (Lipinski definition) is 3. The van der Waals surface area contributed by atoms with E-state index in [0.717, 1.165) is 6.42 Å². The van der Waals surface area contributed by atoms with E-state index in [9.17, 15) is 9.59 Å². The third-order valence-corrected chi connectivity index (χ3v) is 3.80. The topological polar surface area (TPSA) is 61.8 Å². The monoisotopic (exact) mass is 271 g/mol. The minimum absolute atomic E-state index is 0.0462. The Hall–Kier alpha value is -2.17. The number of rotatable bonds is 3. The van der Waals surface area contributed by atoms with Crippen LogP contribution in [-0.4, -0.2) is 35.6 Å². The van der Waals surface area contributed by atoms with E-state index in [1.165, 1.54) is 10.6 Å². The third kappa shape index (κ3) is 2.57. The number of amides is 2. The van der Waals surface area contributed by atoms with Gasteiger partial charge in [-0.2, -0.15) is 5.10 Å². The van der Waals surface area contributed by atoms with Crippen molar-refractivity contribution in [2.75, 3.05) is 7.05 Å². The van der Waals surface area contributed by atoms with Crippen LogP contribution in [0.15, 0.2) is 35.4 Å². The van der Waals surface area contributed by atoms with Gasteiger partial charge in [0.15, 0.2) is 0 Å². The molecule has 2 atom stereocenters. The molecule has 1 heterocycles. The molecule has 20 heavy (non-hydrogen) atoms. The molecule has 0 saturated heterocycles. The number of hydrogen-bond donors (Lipinski definition) is 1. The Morgan fingerprint density at radius 3 is 2.75 bits per heavy atom. The zero-order chi connectivity index (χ0) is 14.1. The lowest BCUT2D eigenvalue weighted by Gasteiger charge is -2.18. The molecule has 1 saturated carbocycles. The van der Waals surface area contributed by atoms with Crippen LogP contribution in [0, 0.1) is 0 Å². The van der Waals surface area contributed by atoms with Gasteiger partial charge in [0.25, 0.3) is 5.91 Å². The summed E-state index contributed by atoms with van der Waals surface area (Å²) in [7, 11) is 1.58. The van der Waals surface area contributed by atoms with E-state index in [0.29, 0.717) is 24.5 Å². The summed E-state index contributed by atoms with van der Waals surface area (Å²) in [5.41, 5.74) is 1.71. The lowest BCUT2D eigenvalue weighted by atomic mass is 10.1. The summed E-state index contributed by atoms with van der Waals surface area (Å²) in [4.78, 5) is 23.4. The van der Waals surface area contributed by atoms with E-state index in [1.54, 1.807) is 7.05 Å². The maximum atomic E-state index is 12.1. The second-order valence-electron chi connectivity index (χ2n) is 5.30. The molecule has 2 amide bonds. The molecule has 5 nitrogen and oxygen atoms in total. The molecule has 0 unspecified atom stereocenters. The fourth-order valence-corrected chi connectivity index (χ4v) is 2.51. The summed E-state index contributed by atoms with van der Waals surface area (Å²) < 4.78 is 0. The molecule has 1 fully saturated rings. The number of nitrogens with zero attached hydrogens (tertiary/aromatic N) is 2. The standard InChI is InChI=1S/C15H17N3O2/c1-18-14(19)8-7-12(17-18)15(20)16-13-9-11(13)10-5-3-2-4-6-10/h2-6,11,13H,7-9H2,1H3,(H,16,20)/t11-,13+/m0/s1. The number of carbonyl (C=O) groups excluding carboxylic acids is 2. The van der Waals surface area contributed by atoms with Crippen LogP contribution in [0.2, 0.25) is 0 Å². The molecule has 1 aromatic rings. The van der Waals surface area contributed by atoms with Gasteiger partial charge in [-0.25, -0.2) is 5.01 Å². The highest BCUT2D eigenvalue weighted by Crippen LogP contribution is 2.40. The summed E-state index contributed by atoms with van der Waals surface area (Å²) in [6.07, 6.45) is 1.76. The Balaban J connectivity index is 1.59. The Morgan fingerprint density at radius 2 is 2.05 bits per heavy atom. The van der Waals surface area contributed by atoms with Gasteiger partial charge in [0.2, 0.25) is 5.91 Å². The highest BCUT2D eigenvalue weighted by molar-refractivity contribution is 6.39. The molecule has 5 heteroatoms. The number of hydrazone groups is 1. The van der Waals surface area contributed by atoms with Gasteiger partial charge in [-0.1, -0.05) is 30.3 Å². The number of nitrogens with one attached hydrogen (secondary N) is 1. The third-order valence-electron chi connectivity index (χ3n) is 3.80. The van der Waals surface area contributed by atoms with Crippen LogP contribution in [0.3, 0.4) is 0 Å². The maximum Gasteiger partial charge on any atom is 0.267 e. The van der Waals surface area contributed by atoms with Gasteiger partial charge in [0.05, 0.1) is 0 Å². The van der Waals surface area contributed by atoms with Crippen molar-refractivity contribution < 1.29 is 9.59 Å². The van der Waals surface area contributed by atoms with Crippen LogP contribution in [-0.2, 0) is 9.59 Å². The van der Waals surface area contributed by atoms with E-state index in [4.69, 9.17) is 0 Å². The van der Waals surface area contributed by atoms with Crippen LogP contribution >= 0.6 is 0 Å². The maximum absolute atomic E-state index is 12.1. The molecule has 0 bridgehead atoms. The minimum atomic E-state index is -0.146. The van der Waals surface area contributed by atoms with Gasteiger partial charge in [-0.15, -0.1) is 0 Å². The smallest absolute Gasteiger partial charge is 0.267 e. The predicted molar refractivity (Wildman–Crippen MR) is 75.2 cm³/mol. The van der Waals surface area contributed by atoms with E-state index in [2.05, 4.69) is 22.6 Å². The SMILES string of the molecule is CN1N=C(C(=O)N[C@@H]2C[C@H]2c2ccccc2)CCC1=O. The zero-order valence-electron chi connectivity index (χ0n) is 11.4. The normalized spacial score (nSPS) is 25.1. The minimum Gasteiger partial charge on any atom is -0.348 e. The molecule has 0 spiro atoms. The molecule has 2 aliphatic rings. The van der Waals surface area contributed by atoms with Gasteiger partial charge in [-0.05, 0) is 12.0 Å². The molecule has 1 aliphatic carbocycles. The second-order valence-corrected chi connectivity index (χ2v) is 5.30. The molecule has 0 radical (unpaired) electrons. The van der Waals surface area contributed by atoms with Gasteiger partial charge in [0, 0.05) is 31.8 Å². The van der Waals surface area contributed by atoms with Crippen LogP contribution in [0.5, 0.6) is 0 Å². The summed E-state index contributed by atoms with van der Waals surface area (Å²) in [5, 5.41) is 8.28. The average molecular weight is 271 g/mol. The van der Waals surface area contributed by atoms with Gasteiger partial charge >= 0.3 is 0 Å². The van der Waals surface area contributed by atoms with Gasteiger partial charge in [-0.3, -0.25) is 9.59 Å². The molecular weight excluding hydrogens is 254 g/mol. The van der Waals surface area contributed by atoms with Crippen molar-refractivity contribution in [3.8, 4) is 0 Å². The van der Waals surface area contributed by atoms with Crippen molar-refractivity contribution in [2.24, 2.45) is 5.10 Å². The van der Waals surface area contributed by atoms with E-state index in [1.807, 2.05) is 18.2 Å². The van der Waals surface area contributed by atoms with Gasteiger partial charge < -0.3 is 5.32 Å². The van der Waals surface area contributed by atoms with E-state index >= 15 is 0 Å². The average Bonchev–Trinajstić information content (AvgIpc) is 3.22. The van der Waals surface area contributed by atoms with E-state index < -0.39 is 0 Å². The fourth-order valence-electron chi connectivity index (χ4n) is 2.51. The van der Waals surface area contributed by atoms with Crippen molar-refractivity contribution in [1.29, 1.82) is 0 Å². The number of carbonyl (C=O) groups is 2. The molecule has 3 rings (SSSR count). The van der Waals surface area contributed by atoms with Crippen LogP contribution in [0.25, 0.3) is 0 Å². The summed E-state index contributed by atoms with van der Waals surface area (Å²) in [6.45, 7) is 0. The van der Waals surface area contributed by atoms with Crippen molar-refractivity contribution in [1.82, 2.24) is 10.3 Å².